The summed E-state index contributed by atoms with van der Waals surface area (Å²) >= 11 is 8.87. The maximum absolute atomic E-state index is 13.8. The van der Waals surface area contributed by atoms with Crippen LogP contribution in [-0.4, -0.2) is 11.1 Å². The molecule has 0 unspecified atom stereocenters. The highest BCUT2D eigenvalue weighted by atomic mass is 79.9. The molecule has 5 heteroatoms. The summed E-state index contributed by atoms with van der Waals surface area (Å²) in [6, 6.07) is 2.98. The van der Waals surface area contributed by atoms with Crippen molar-refractivity contribution in [1.82, 2.24) is 0 Å². The monoisotopic (exact) mass is 292 g/mol. The number of hydrogen-bond acceptors (Lipinski definition) is 1. The lowest BCUT2D eigenvalue weighted by molar-refractivity contribution is -0.140. The van der Waals surface area contributed by atoms with Gasteiger partial charge in [0.05, 0.1) is 9.89 Å². The Bertz CT molecular complexity index is 443. The summed E-state index contributed by atoms with van der Waals surface area (Å²) in [5.74, 6) is -1.58. The van der Waals surface area contributed by atoms with Crippen LogP contribution in [0, 0.1) is 5.82 Å². The minimum Gasteiger partial charge on any atom is -0.481 e. The van der Waals surface area contributed by atoms with E-state index in [1.165, 1.54) is 12.1 Å². The van der Waals surface area contributed by atoms with Gasteiger partial charge in [0.25, 0.3) is 0 Å². The second kappa shape index (κ2) is 3.46. The van der Waals surface area contributed by atoms with Gasteiger partial charge in [0.15, 0.2) is 0 Å². The van der Waals surface area contributed by atoms with Crippen molar-refractivity contribution < 1.29 is 14.3 Å². The predicted octanol–water partition coefficient (Wildman–Crippen LogP) is 3.36. The minimum atomic E-state index is -1.11. The summed E-state index contributed by atoms with van der Waals surface area (Å²) in [6.07, 6.45) is 0.880. The highest BCUT2D eigenvalue weighted by molar-refractivity contribution is 9.10. The van der Waals surface area contributed by atoms with Crippen LogP contribution in [0.25, 0.3) is 0 Å². The normalized spacial score (nSPS) is 17.5. The lowest BCUT2D eigenvalue weighted by atomic mass is 9.95. The van der Waals surface area contributed by atoms with Crippen LogP contribution in [0.5, 0.6) is 0 Å². The van der Waals surface area contributed by atoms with Gasteiger partial charge < -0.3 is 5.11 Å². The van der Waals surface area contributed by atoms with E-state index in [0.29, 0.717) is 12.8 Å². The Morgan fingerprint density at radius 2 is 2.13 bits per heavy atom. The fourth-order valence-electron chi connectivity index (χ4n) is 1.66. The molecule has 1 aliphatic carbocycles. The van der Waals surface area contributed by atoms with Gasteiger partial charge in [-0.15, -0.1) is 0 Å². The predicted molar refractivity (Wildman–Crippen MR) is 57.7 cm³/mol. The quantitative estimate of drug-likeness (QED) is 0.849. The molecule has 2 nitrogen and oxygen atoms in total. The van der Waals surface area contributed by atoms with E-state index in [1.807, 2.05) is 0 Å². The largest absolute Gasteiger partial charge is 0.481 e. The van der Waals surface area contributed by atoms with E-state index in [4.69, 9.17) is 16.7 Å². The molecule has 0 bridgehead atoms. The maximum Gasteiger partial charge on any atom is 0.314 e. The zero-order valence-electron chi connectivity index (χ0n) is 7.56. The van der Waals surface area contributed by atoms with Crippen LogP contribution in [0.1, 0.15) is 18.4 Å². The Balaban J connectivity index is 2.62. The third-order valence-corrected chi connectivity index (χ3v) is 3.61. The molecular weight excluding hydrogens is 286 g/mol. The fraction of sp³-hybridized carbons (Fsp3) is 0.300. The Kier molecular flexibility index (Phi) is 2.51. The summed E-state index contributed by atoms with van der Waals surface area (Å²) in [6.45, 7) is 0. The van der Waals surface area contributed by atoms with Crippen molar-refractivity contribution in [2.75, 3.05) is 0 Å². The highest BCUT2D eigenvalue weighted by Gasteiger charge is 2.54. The van der Waals surface area contributed by atoms with Crippen molar-refractivity contribution in [3.8, 4) is 0 Å². The van der Waals surface area contributed by atoms with E-state index < -0.39 is 17.2 Å². The summed E-state index contributed by atoms with van der Waals surface area (Å²) in [5.41, 5.74) is -1.00. The summed E-state index contributed by atoms with van der Waals surface area (Å²) < 4.78 is 14.0. The average Bonchev–Trinajstić information content (AvgIpc) is 2.93. The highest BCUT2D eigenvalue weighted by Crippen LogP contribution is 2.52. The first kappa shape index (κ1) is 10.9. The van der Waals surface area contributed by atoms with Crippen LogP contribution in [0.3, 0.4) is 0 Å². The molecule has 0 heterocycles. The van der Waals surface area contributed by atoms with E-state index in [0.717, 1.165) is 0 Å². The molecule has 1 saturated carbocycles. The van der Waals surface area contributed by atoms with Crippen molar-refractivity contribution in [3.63, 3.8) is 0 Å². The van der Waals surface area contributed by atoms with Crippen molar-refractivity contribution in [3.05, 3.63) is 33.0 Å². The van der Waals surface area contributed by atoms with Crippen molar-refractivity contribution >= 4 is 33.5 Å². The SMILES string of the molecule is O=C(O)C1(c2c(Cl)ccc(Br)c2F)CC1. The maximum atomic E-state index is 13.8. The molecule has 80 valence electrons. The first-order chi connectivity index (χ1) is 6.99. The van der Waals surface area contributed by atoms with Gasteiger partial charge in [0, 0.05) is 10.6 Å². The van der Waals surface area contributed by atoms with Crippen LogP contribution in [0.4, 0.5) is 4.39 Å². The zero-order chi connectivity index (χ0) is 11.2. The second-order valence-corrected chi connectivity index (χ2v) is 4.87. The third-order valence-electron chi connectivity index (χ3n) is 2.68. The van der Waals surface area contributed by atoms with E-state index in [9.17, 15) is 9.18 Å². The first-order valence-electron chi connectivity index (χ1n) is 4.36. The van der Waals surface area contributed by atoms with E-state index in [2.05, 4.69) is 15.9 Å². The number of carboxylic acids is 1. The minimum absolute atomic E-state index is 0.103. The molecule has 1 fully saturated rings. The Hall–Kier alpha value is -0.610. The number of hydrogen-bond donors (Lipinski definition) is 1. The molecule has 1 aromatic rings. The van der Waals surface area contributed by atoms with E-state index in [-0.39, 0.29) is 15.1 Å². The molecule has 1 aromatic carbocycles. The van der Waals surface area contributed by atoms with Crippen LogP contribution in [-0.2, 0) is 10.2 Å². The van der Waals surface area contributed by atoms with Gasteiger partial charge in [-0.05, 0) is 40.9 Å². The molecule has 0 amide bonds. The second-order valence-electron chi connectivity index (χ2n) is 3.61. The molecule has 0 atom stereocenters. The van der Waals surface area contributed by atoms with Gasteiger partial charge in [0.2, 0.25) is 0 Å². The fourth-order valence-corrected chi connectivity index (χ4v) is 2.32. The van der Waals surface area contributed by atoms with Gasteiger partial charge in [-0.3, -0.25) is 4.79 Å². The van der Waals surface area contributed by atoms with Crippen LogP contribution in [0.15, 0.2) is 16.6 Å². The standard InChI is InChI=1S/C10H7BrClFO2/c11-5-1-2-6(12)7(8(5)13)10(3-4-10)9(14)15/h1-2H,3-4H2,(H,14,15). The number of halogens is 3. The smallest absolute Gasteiger partial charge is 0.314 e. The molecule has 1 N–H and O–H groups in total. The van der Waals surface area contributed by atoms with Crippen LogP contribution in [0.2, 0.25) is 5.02 Å². The number of benzene rings is 1. The molecule has 0 aromatic heterocycles. The number of aliphatic carboxylic acids is 1. The van der Waals surface area contributed by atoms with Gasteiger partial charge in [-0.2, -0.15) is 0 Å². The van der Waals surface area contributed by atoms with Gasteiger partial charge in [-0.1, -0.05) is 11.6 Å². The van der Waals surface area contributed by atoms with E-state index >= 15 is 0 Å². The Morgan fingerprint density at radius 1 is 1.53 bits per heavy atom. The topological polar surface area (TPSA) is 37.3 Å². The van der Waals surface area contributed by atoms with E-state index in [1.54, 1.807) is 0 Å². The summed E-state index contributed by atoms with van der Waals surface area (Å²) in [5, 5.41) is 9.23. The molecule has 15 heavy (non-hydrogen) atoms. The van der Waals surface area contributed by atoms with Crippen molar-refractivity contribution in [2.24, 2.45) is 0 Å². The molecule has 1 aliphatic rings. The zero-order valence-corrected chi connectivity index (χ0v) is 9.90. The molecule has 0 aliphatic heterocycles. The first-order valence-corrected chi connectivity index (χ1v) is 5.53. The molecule has 2 rings (SSSR count). The van der Waals surface area contributed by atoms with Crippen molar-refractivity contribution in [1.29, 1.82) is 0 Å². The third kappa shape index (κ3) is 1.56. The van der Waals surface area contributed by atoms with Crippen LogP contribution >= 0.6 is 27.5 Å². The average molecular weight is 294 g/mol. The van der Waals surface area contributed by atoms with Crippen LogP contribution < -0.4 is 0 Å². The Morgan fingerprint density at radius 3 is 2.60 bits per heavy atom. The molecule has 0 radical (unpaired) electrons. The van der Waals surface area contributed by atoms with Crippen molar-refractivity contribution in [2.45, 2.75) is 18.3 Å². The molecule has 0 spiro atoms. The van der Waals surface area contributed by atoms with Gasteiger partial charge in [-0.25, -0.2) is 4.39 Å². The summed E-state index contributed by atoms with van der Waals surface area (Å²) in [4.78, 5) is 11.1. The molecule has 0 saturated heterocycles. The van der Waals surface area contributed by atoms with Gasteiger partial charge >= 0.3 is 5.97 Å². The number of carbonyl (C=O) groups is 1. The lowest BCUT2D eigenvalue weighted by Gasteiger charge is -2.14. The Labute approximate surface area is 99.2 Å². The van der Waals surface area contributed by atoms with Gasteiger partial charge in [0.1, 0.15) is 5.82 Å². The molecular formula is C10H7BrClFO2. The lowest BCUT2D eigenvalue weighted by Crippen LogP contribution is -2.21. The number of carboxylic acid groups (broad SMARTS) is 1. The summed E-state index contributed by atoms with van der Waals surface area (Å²) in [7, 11) is 0. The number of rotatable bonds is 2.